The summed E-state index contributed by atoms with van der Waals surface area (Å²) in [7, 11) is 0. The van der Waals surface area contributed by atoms with Gasteiger partial charge in [-0.25, -0.2) is 0 Å². The van der Waals surface area contributed by atoms with Crippen LogP contribution < -0.4 is 0 Å². The summed E-state index contributed by atoms with van der Waals surface area (Å²) in [6, 6.07) is 20.1. The average Bonchev–Trinajstić information content (AvgIpc) is 2.48. The van der Waals surface area contributed by atoms with E-state index in [9.17, 15) is 4.79 Å². The maximum atomic E-state index is 12.3. The zero-order valence-electron chi connectivity index (χ0n) is 11.6. The SMILES string of the molecule is CC(S)C(=O)N(Cc1ccccc1)Cc1ccccc1. The van der Waals surface area contributed by atoms with Crippen LogP contribution in [0.4, 0.5) is 0 Å². The van der Waals surface area contributed by atoms with Gasteiger partial charge in [0.25, 0.3) is 0 Å². The van der Waals surface area contributed by atoms with Gasteiger partial charge < -0.3 is 4.90 Å². The van der Waals surface area contributed by atoms with Gasteiger partial charge in [0.2, 0.25) is 5.91 Å². The Kier molecular flexibility index (Phi) is 5.24. The van der Waals surface area contributed by atoms with Crippen molar-refractivity contribution in [2.24, 2.45) is 0 Å². The second kappa shape index (κ2) is 7.15. The van der Waals surface area contributed by atoms with Crippen LogP contribution in [0, 0.1) is 0 Å². The lowest BCUT2D eigenvalue weighted by Crippen LogP contribution is -2.34. The Labute approximate surface area is 125 Å². The highest BCUT2D eigenvalue weighted by Gasteiger charge is 2.18. The molecule has 0 aliphatic carbocycles. The van der Waals surface area contributed by atoms with E-state index in [1.165, 1.54) is 0 Å². The Bertz CT molecular complexity index is 498. The molecule has 0 aliphatic rings. The normalized spacial score (nSPS) is 11.9. The van der Waals surface area contributed by atoms with Gasteiger partial charge in [-0.2, -0.15) is 12.6 Å². The van der Waals surface area contributed by atoms with E-state index in [1.807, 2.05) is 72.5 Å². The molecular formula is C17H19NOS. The summed E-state index contributed by atoms with van der Waals surface area (Å²) in [5, 5.41) is -0.289. The molecule has 2 aromatic carbocycles. The smallest absolute Gasteiger partial charge is 0.235 e. The van der Waals surface area contributed by atoms with E-state index in [0.29, 0.717) is 13.1 Å². The van der Waals surface area contributed by atoms with Crippen LogP contribution in [0.25, 0.3) is 0 Å². The van der Waals surface area contributed by atoms with Gasteiger partial charge in [-0.15, -0.1) is 0 Å². The van der Waals surface area contributed by atoms with Gasteiger partial charge in [0.15, 0.2) is 0 Å². The van der Waals surface area contributed by atoms with Crippen LogP contribution in [0.15, 0.2) is 60.7 Å². The number of rotatable bonds is 5. The van der Waals surface area contributed by atoms with Crippen molar-refractivity contribution >= 4 is 18.5 Å². The molecule has 1 unspecified atom stereocenters. The number of nitrogens with zero attached hydrogens (tertiary/aromatic N) is 1. The molecule has 0 spiro atoms. The topological polar surface area (TPSA) is 20.3 Å². The Morgan fingerprint density at radius 3 is 1.70 bits per heavy atom. The highest BCUT2D eigenvalue weighted by atomic mass is 32.1. The number of hydrogen-bond donors (Lipinski definition) is 1. The highest BCUT2D eigenvalue weighted by Crippen LogP contribution is 2.13. The van der Waals surface area contributed by atoms with E-state index in [1.54, 1.807) is 0 Å². The molecule has 1 atom stereocenters. The molecular weight excluding hydrogens is 266 g/mol. The summed E-state index contributed by atoms with van der Waals surface area (Å²) in [5.74, 6) is 0.0565. The molecule has 2 rings (SSSR count). The first-order valence-electron chi connectivity index (χ1n) is 6.71. The van der Waals surface area contributed by atoms with Gasteiger partial charge in [0.05, 0.1) is 5.25 Å². The van der Waals surface area contributed by atoms with Crippen LogP contribution in [-0.4, -0.2) is 16.1 Å². The summed E-state index contributed by atoms with van der Waals surface area (Å²) < 4.78 is 0. The van der Waals surface area contributed by atoms with Crippen LogP contribution in [-0.2, 0) is 17.9 Å². The third kappa shape index (κ3) is 4.14. The average molecular weight is 285 g/mol. The van der Waals surface area contributed by atoms with Crippen LogP contribution >= 0.6 is 12.6 Å². The molecule has 0 aliphatic heterocycles. The number of thiol groups is 1. The summed E-state index contributed by atoms with van der Waals surface area (Å²) in [6.45, 7) is 3.04. The second-order valence-corrected chi connectivity index (χ2v) is 5.62. The fraction of sp³-hybridized carbons (Fsp3) is 0.235. The van der Waals surface area contributed by atoms with Gasteiger partial charge in [-0.3, -0.25) is 4.79 Å². The van der Waals surface area contributed by atoms with Crippen molar-refractivity contribution in [3.63, 3.8) is 0 Å². The van der Waals surface area contributed by atoms with Crippen molar-refractivity contribution in [1.82, 2.24) is 4.90 Å². The zero-order chi connectivity index (χ0) is 14.4. The predicted molar refractivity (Wildman–Crippen MR) is 85.6 cm³/mol. The molecule has 2 nitrogen and oxygen atoms in total. The number of benzene rings is 2. The molecule has 2 aromatic rings. The van der Waals surface area contributed by atoms with E-state index in [0.717, 1.165) is 11.1 Å². The van der Waals surface area contributed by atoms with Crippen molar-refractivity contribution in [3.05, 3.63) is 71.8 Å². The van der Waals surface area contributed by atoms with Gasteiger partial charge in [0, 0.05) is 13.1 Å². The predicted octanol–water partition coefficient (Wildman–Crippen LogP) is 3.53. The molecule has 0 N–H and O–H groups in total. The largest absolute Gasteiger partial charge is 0.333 e. The van der Waals surface area contributed by atoms with Gasteiger partial charge in [-0.1, -0.05) is 60.7 Å². The van der Waals surface area contributed by atoms with Gasteiger partial charge >= 0.3 is 0 Å². The minimum atomic E-state index is -0.289. The lowest BCUT2D eigenvalue weighted by Gasteiger charge is -2.24. The first kappa shape index (κ1) is 14.7. The molecule has 1 amide bonds. The quantitative estimate of drug-likeness (QED) is 0.833. The first-order chi connectivity index (χ1) is 9.66. The third-order valence-electron chi connectivity index (χ3n) is 3.10. The van der Waals surface area contributed by atoms with E-state index in [2.05, 4.69) is 12.6 Å². The molecule has 0 saturated heterocycles. The third-order valence-corrected chi connectivity index (χ3v) is 3.32. The van der Waals surface area contributed by atoms with Gasteiger partial charge in [0.1, 0.15) is 0 Å². The van der Waals surface area contributed by atoms with Crippen molar-refractivity contribution in [2.45, 2.75) is 25.3 Å². The Morgan fingerprint density at radius 1 is 0.950 bits per heavy atom. The molecule has 3 heteroatoms. The molecule has 0 saturated carbocycles. The van der Waals surface area contributed by atoms with Crippen molar-refractivity contribution in [2.75, 3.05) is 0 Å². The van der Waals surface area contributed by atoms with E-state index >= 15 is 0 Å². The molecule has 20 heavy (non-hydrogen) atoms. The number of hydrogen-bond acceptors (Lipinski definition) is 2. The lowest BCUT2D eigenvalue weighted by atomic mass is 10.1. The fourth-order valence-corrected chi connectivity index (χ4v) is 2.25. The van der Waals surface area contributed by atoms with Crippen LogP contribution in [0.3, 0.4) is 0 Å². The molecule has 0 heterocycles. The molecule has 0 fully saturated rings. The minimum absolute atomic E-state index is 0.0565. The molecule has 0 aromatic heterocycles. The number of carbonyl (C=O) groups excluding carboxylic acids is 1. The Balaban J connectivity index is 2.15. The fourth-order valence-electron chi connectivity index (χ4n) is 2.08. The van der Waals surface area contributed by atoms with E-state index < -0.39 is 0 Å². The summed E-state index contributed by atoms with van der Waals surface area (Å²) in [6.07, 6.45) is 0. The van der Waals surface area contributed by atoms with Crippen LogP contribution in [0.5, 0.6) is 0 Å². The summed E-state index contributed by atoms with van der Waals surface area (Å²) in [4.78, 5) is 14.2. The van der Waals surface area contributed by atoms with Crippen molar-refractivity contribution in [1.29, 1.82) is 0 Å². The van der Waals surface area contributed by atoms with E-state index in [4.69, 9.17) is 0 Å². The summed E-state index contributed by atoms with van der Waals surface area (Å²) in [5.41, 5.74) is 2.26. The second-order valence-electron chi connectivity index (χ2n) is 4.84. The zero-order valence-corrected chi connectivity index (χ0v) is 12.5. The minimum Gasteiger partial charge on any atom is -0.333 e. The Hall–Kier alpha value is -1.74. The van der Waals surface area contributed by atoms with Crippen molar-refractivity contribution in [3.8, 4) is 0 Å². The monoisotopic (exact) mass is 285 g/mol. The highest BCUT2D eigenvalue weighted by molar-refractivity contribution is 7.81. The van der Waals surface area contributed by atoms with Crippen LogP contribution in [0.1, 0.15) is 18.1 Å². The van der Waals surface area contributed by atoms with Crippen molar-refractivity contribution < 1.29 is 4.79 Å². The lowest BCUT2D eigenvalue weighted by molar-refractivity contribution is -0.131. The maximum absolute atomic E-state index is 12.3. The standard InChI is InChI=1S/C17H19NOS/c1-14(20)17(19)18(12-15-8-4-2-5-9-15)13-16-10-6-3-7-11-16/h2-11,14,20H,12-13H2,1H3. The first-order valence-corrected chi connectivity index (χ1v) is 7.23. The van der Waals surface area contributed by atoms with Crippen LogP contribution in [0.2, 0.25) is 0 Å². The molecule has 0 bridgehead atoms. The van der Waals surface area contributed by atoms with E-state index in [-0.39, 0.29) is 11.2 Å². The summed E-state index contributed by atoms with van der Waals surface area (Å²) >= 11 is 4.27. The maximum Gasteiger partial charge on any atom is 0.235 e. The molecule has 0 radical (unpaired) electrons. The number of amides is 1. The number of carbonyl (C=O) groups is 1. The Morgan fingerprint density at radius 2 is 1.35 bits per heavy atom. The van der Waals surface area contributed by atoms with Gasteiger partial charge in [-0.05, 0) is 18.1 Å². The molecule has 104 valence electrons.